The van der Waals surface area contributed by atoms with Gasteiger partial charge in [-0.2, -0.15) is 8.78 Å². The van der Waals surface area contributed by atoms with Crippen LogP contribution in [0.4, 0.5) is 20.3 Å². The van der Waals surface area contributed by atoms with Gasteiger partial charge in [-0.1, -0.05) is 32.4 Å². The van der Waals surface area contributed by atoms with Gasteiger partial charge < -0.3 is 14.5 Å². The first kappa shape index (κ1) is 36.0. The Morgan fingerprint density at radius 1 is 1.00 bits per heavy atom. The molecule has 0 unspecified atom stereocenters. The van der Waals surface area contributed by atoms with Crippen molar-refractivity contribution < 1.29 is 27.5 Å². The van der Waals surface area contributed by atoms with Crippen LogP contribution in [0.25, 0.3) is 11.1 Å². The highest BCUT2D eigenvalue weighted by Gasteiger charge is 2.37. The number of amides is 2. The van der Waals surface area contributed by atoms with Gasteiger partial charge in [-0.05, 0) is 85.9 Å². The number of carbonyl (C=O) groups excluding carboxylic acids is 2. The number of aromatic nitrogens is 2. The molecule has 0 saturated heterocycles. The fourth-order valence-corrected chi connectivity index (χ4v) is 6.01. The van der Waals surface area contributed by atoms with E-state index in [0.29, 0.717) is 50.7 Å². The lowest BCUT2D eigenvalue weighted by atomic mass is 10.0. The summed E-state index contributed by atoms with van der Waals surface area (Å²) >= 11 is 0. The SMILES string of the molecule is CC1=C(C(=O)N(CCO[Si](C)(C)C(C)(C)C)c2ccc(-c3cc(NC(=O)c4ccnc(C(C)(F)F)c4)ccc3C)cn2)CCOCC1. The first-order valence-corrected chi connectivity index (χ1v) is 18.8. The summed E-state index contributed by atoms with van der Waals surface area (Å²) < 4.78 is 39.6. The first-order chi connectivity index (χ1) is 22.0. The lowest BCUT2D eigenvalue weighted by Gasteiger charge is -2.36. The highest BCUT2D eigenvalue weighted by molar-refractivity contribution is 6.74. The van der Waals surface area contributed by atoms with E-state index in [1.165, 1.54) is 12.3 Å². The normalized spacial score (nSPS) is 14.5. The molecule has 2 aromatic heterocycles. The van der Waals surface area contributed by atoms with Crippen LogP contribution >= 0.6 is 0 Å². The molecule has 3 heterocycles. The van der Waals surface area contributed by atoms with Gasteiger partial charge in [0.25, 0.3) is 17.7 Å². The molecule has 0 bridgehead atoms. The molecule has 8 nitrogen and oxygen atoms in total. The lowest BCUT2D eigenvalue weighted by Crippen LogP contribution is -2.44. The Balaban J connectivity index is 1.59. The van der Waals surface area contributed by atoms with E-state index in [4.69, 9.17) is 14.1 Å². The third-order valence-corrected chi connectivity index (χ3v) is 13.6. The largest absolute Gasteiger partial charge is 0.415 e. The van der Waals surface area contributed by atoms with Crippen molar-refractivity contribution in [2.45, 2.75) is 78.4 Å². The number of halogens is 2. The second-order valence-corrected chi connectivity index (χ2v) is 18.5. The average molecular weight is 665 g/mol. The van der Waals surface area contributed by atoms with Gasteiger partial charge in [0.2, 0.25) is 0 Å². The molecular weight excluding hydrogens is 619 g/mol. The van der Waals surface area contributed by atoms with Crippen molar-refractivity contribution in [1.29, 1.82) is 0 Å². The summed E-state index contributed by atoms with van der Waals surface area (Å²) in [6.45, 7) is 17.5. The van der Waals surface area contributed by atoms with E-state index in [-0.39, 0.29) is 16.5 Å². The van der Waals surface area contributed by atoms with Crippen LogP contribution in [0.15, 0.2) is 66.0 Å². The third-order valence-electron chi connectivity index (χ3n) is 9.02. The van der Waals surface area contributed by atoms with Crippen molar-refractivity contribution in [3.63, 3.8) is 0 Å². The summed E-state index contributed by atoms with van der Waals surface area (Å²) in [5, 5.41) is 2.84. The van der Waals surface area contributed by atoms with E-state index in [1.54, 1.807) is 17.2 Å². The van der Waals surface area contributed by atoms with Gasteiger partial charge in [-0.3, -0.25) is 19.5 Å². The molecule has 0 spiro atoms. The van der Waals surface area contributed by atoms with Crippen LogP contribution in [0.2, 0.25) is 18.1 Å². The number of alkyl halides is 2. The fourth-order valence-electron chi connectivity index (χ4n) is 4.98. The Morgan fingerprint density at radius 2 is 1.72 bits per heavy atom. The zero-order chi connectivity index (χ0) is 34.6. The molecule has 3 aromatic rings. The highest BCUT2D eigenvalue weighted by atomic mass is 28.4. The van der Waals surface area contributed by atoms with Gasteiger partial charge in [0.05, 0.1) is 19.8 Å². The molecule has 11 heteroatoms. The van der Waals surface area contributed by atoms with E-state index in [2.05, 4.69) is 44.2 Å². The van der Waals surface area contributed by atoms with Crippen LogP contribution in [-0.4, -0.2) is 56.5 Å². The molecule has 47 heavy (non-hydrogen) atoms. The second-order valence-electron chi connectivity index (χ2n) is 13.6. The number of rotatable bonds is 10. The molecule has 252 valence electrons. The average Bonchev–Trinajstić information content (AvgIpc) is 3.23. The molecule has 0 fully saturated rings. The summed E-state index contributed by atoms with van der Waals surface area (Å²) in [4.78, 5) is 37.1. The Hall–Kier alpha value is -3.80. The fraction of sp³-hybridized carbons (Fsp3) is 0.444. The molecule has 1 aliphatic rings. The van der Waals surface area contributed by atoms with E-state index in [0.717, 1.165) is 40.8 Å². The molecule has 0 saturated carbocycles. The Morgan fingerprint density at radius 3 is 2.38 bits per heavy atom. The molecule has 2 amide bonds. The molecule has 1 N–H and O–H groups in total. The summed E-state index contributed by atoms with van der Waals surface area (Å²) in [5.41, 5.74) is 4.46. The van der Waals surface area contributed by atoms with Crippen LogP contribution < -0.4 is 10.2 Å². The molecule has 1 aliphatic heterocycles. The van der Waals surface area contributed by atoms with Gasteiger partial charge >= 0.3 is 0 Å². The van der Waals surface area contributed by atoms with Gasteiger partial charge in [0.1, 0.15) is 11.5 Å². The monoisotopic (exact) mass is 664 g/mol. The number of hydrogen-bond acceptors (Lipinski definition) is 6. The van der Waals surface area contributed by atoms with Crippen molar-refractivity contribution in [2.75, 3.05) is 36.6 Å². The van der Waals surface area contributed by atoms with Crippen molar-refractivity contribution in [3.05, 3.63) is 82.8 Å². The number of hydrogen-bond donors (Lipinski definition) is 1. The van der Waals surface area contributed by atoms with E-state index < -0.39 is 25.8 Å². The zero-order valence-corrected chi connectivity index (χ0v) is 29.7. The molecule has 4 rings (SSSR count). The number of anilines is 2. The summed E-state index contributed by atoms with van der Waals surface area (Å²) in [6.07, 6.45) is 4.17. The minimum atomic E-state index is -3.16. The topological polar surface area (TPSA) is 93.7 Å². The molecule has 0 aliphatic carbocycles. The van der Waals surface area contributed by atoms with Crippen molar-refractivity contribution in [3.8, 4) is 11.1 Å². The number of benzene rings is 1. The number of ether oxygens (including phenoxy) is 1. The standard InChI is InChI=1S/C36H46F2N4O4Si/c1-24-9-11-28(41-33(43)26-13-16-39-31(21-26)36(6,37)38)22-30(24)27-10-12-32(40-23-27)42(17-20-46-47(7,8)35(3,4)5)34(44)29-15-19-45-18-14-25(29)2/h9-13,16,21-23H,14-15,17-20H2,1-8H3,(H,41,43). The van der Waals surface area contributed by atoms with Crippen LogP contribution in [0.1, 0.15) is 69.1 Å². The number of aryl methyl sites for hydroxylation is 1. The minimum Gasteiger partial charge on any atom is -0.415 e. The number of nitrogens with zero attached hydrogens (tertiary/aromatic N) is 3. The molecular formula is C36H46F2N4O4Si. The third kappa shape index (κ3) is 8.97. The van der Waals surface area contributed by atoms with Crippen molar-refractivity contribution >= 4 is 31.6 Å². The summed E-state index contributed by atoms with van der Waals surface area (Å²) in [6, 6.07) is 11.7. The van der Waals surface area contributed by atoms with Crippen LogP contribution in [0, 0.1) is 6.92 Å². The quantitative estimate of drug-likeness (QED) is 0.219. The Bertz CT molecular complexity index is 1630. The van der Waals surface area contributed by atoms with Gasteiger partial charge in [0.15, 0.2) is 8.32 Å². The van der Waals surface area contributed by atoms with E-state index in [9.17, 15) is 18.4 Å². The maximum Gasteiger partial charge on any atom is 0.286 e. The van der Waals surface area contributed by atoms with E-state index >= 15 is 0 Å². The predicted octanol–water partition coefficient (Wildman–Crippen LogP) is 8.30. The maximum atomic E-state index is 14.0. The maximum absolute atomic E-state index is 14.0. The zero-order valence-electron chi connectivity index (χ0n) is 28.7. The molecule has 0 radical (unpaired) electrons. The Kier molecular flexibility index (Phi) is 11.1. The van der Waals surface area contributed by atoms with Crippen LogP contribution in [0.3, 0.4) is 0 Å². The van der Waals surface area contributed by atoms with Gasteiger partial charge in [-0.15, -0.1) is 0 Å². The number of nitrogens with one attached hydrogen (secondary N) is 1. The van der Waals surface area contributed by atoms with Crippen LogP contribution in [-0.2, 0) is 19.9 Å². The lowest BCUT2D eigenvalue weighted by molar-refractivity contribution is -0.115. The Labute approximate surface area is 277 Å². The number of pyridine rings is 2. The van der Waals surface area contributed by atoms with Crippen molar-refractivity contribution in [1.82, 2.24) is 9.97 Å². The summed E-state index contributed by atoms with van der Waals surface area (Å²) in [7, 11) is -2.03. The molecule has 1 aromatic carbocycles. The second kappa shape index (κ2) is 14.5. The van der Waals surface area contributed by atoms with E-state index in [1.807, 2.05) is 38.1 Å². The number of carbonyl (C=O) groups is 2. The van der Waals surface area contributed by atoms with Crippen molar-refractivity contribution in [2.24, 2.45) is 0 Å². The molecule has 0 atom stereocenters. The smallest absolute Gasteiger partial charge is 0.286 e. The van der Waals surface area contributed by atoms with Gasteiger partial charge in [0, 0.05) is 54.7 Å². The van der Waals surface area contributed by atoms with Gasteiger partial charge in [-0.25, -0.2) is 4.98 Å². The van der Waals surface area contributed by atoms with Crippen LogP contribution in [0.5, 0.6) is 0 Å². The highest BCUT2D eigenvalue weighted by Crippen LogP contribution is 2.36. The predicted molar refractivity (Wildman–Crippen MR) is 184 cm³/mol. The minimum absolute atomic E-state index is 0.0385. The first-order valence-electron chi connectivity index (χ1n) is 15.9. The summed E-state index contributed by atoms with van der Waals surface area (Å²) in [5.74, 6) is -3.26.